The van der Waals surface area contributed by atoms with Crippen molar-refractivity contribution in [3.05, 3.63) is 64.0 Å². The maximum atomic E-state index is 12.4. The highest BCUT2D eigenvalue weighted by molar-refractivity contribution is 9.10. The van der Waals surface area contributed by atoms with Crippen molar-refractivity contribution in [2.75, 3.05) is 0 Å². The second-order valence-electron chi connectivity index (χ2n) is 4.88. The molecule has 1 aromatic carbocycles. The number of halogens is 1. The fraction of sp³-hybridized carbons (Fsp3) is 0.0625. The minimum Gasteiger partial charge on any atom is -0.507 e. The van der Waals surface area contributed by atoms with Gasteiger partial charge in [0, 0.05) is 16.2 Å². The number of carbonyl (C=O) groups is 1. The summed E-state index contributed by atoms with van der Waals surface area (Å²) in [5, 5.41) is 13.5. The average Bonchev–Trinajstić information content (AvgIpc) is 2.84. The summed E-state index contributed by atoms with van der Waals surface area (Å²) in [5.74, 6) is -0.278. The number of nitrogens with zero attached hydrogens (tertiary/aromatic N) is 3. The van der Waals surface area contributed by atoms with Crippen molar-refractivity contribution in [2.24, 2.45) is 5.10 Å². The summed E-state index contributed by atoms with van der Waals surface area (Å²) in [6, 6.07) is 10.4. The van der Waals surface area contributed by atoms with E-state index in [0.717, 1.165) is 4.47 Å². The van der Waals surface area contributed by atoms with E-state index in [1.54, 1.807) is 41.8 Å². The van der Waals surface area contributed by atoms with Crippen LogP contribution in [0.2, 0.25) is 0 Å². The summed E-state index contributed by atoms with van der Waals surface area (Å²) >= 11 is 3.38. The number of phenols is 1. The van der Waals surface area contributed by atoms with Gasteiger partial charge in [-0.15, -0.1) is 0 Å². The molecular weight excluding hydrogens is 360 g/mol. The number of aromatic nitrogens is 2. The number of aromatic hydroxyl groups is 1. The predicted octanol–water partition coefficient (Wildman–Crippen LogP) is 2.87. The third-order valence-corrected chi connectivity index (χ3v) is 3.75. The highest BCUT2D eigenvalue weighted by Crippen LogP contribution is 2.17. The summed E-state index contributed by atoms with van der Waals surface area (Å²) in [6.45, 7) is 1.77. The first-order chi connectivity index (χ1) is 11.1. The standard InChI is InChI=1S/C16H13BrN4O2/c1-10-15(21-9-12(17)6-7-14(21)19-10)16(23)20-18-8-11-4-2-3-5-13(11)22/h2-9,22H,1H3,(H,20,23)/b18-8+. The van der Waals surface area contributed by atoms with E-state index < -0.39 is 0 Å². The van der Waals surface area contributed by atoms with Gasteiger partial charge in [0.2, 0.25) is 0 Å². The molecule has 3 aromatic rings. The molecule has 2 heterocycles. The summed E-state index contributed by atoms with van der Waals surface area (Å²) in [4.78, 5) is 16.7. The van der Waals surface area contributed by atoms with E-state index in [0.29, 0.717) is 22.6 Å². The van der Waals surface area contributed by atoms with Crippen LogP contribution in [-0.2, 0) is 0 Å². The molecule has 0 aliphatic heterocycles. The normalized spacial score (nSPS) is 11.2. The Morgan fingerprint density at radius 1 is 1.35 bits per heavy atom. The number of amides is 1. The van der Waals surface area contributed by atoms with E-state index in [9.17, 15) is 9.90 Å². The summed E-state index contributed by atoms with van der Waals surface area (Å²) in [5.41, 5.74) is 4.68. The van der Waals surface area contributed by atoms with Gasteiger partial charge in [-0.3, -0.25) is 9.20 Å². The van der Waals surface area contributed by atoms with Gasteiger partial charge in [-0.05, 0) is 47.1 Å². The van der Waals surface area contributed by atoms with Crippen LogP contribution in [0.1, 0.15) is 21.7 Å². The van der Waals surface area contributed by atoms with Crippen molar-refractivity contribution in [1.82, 2.24) is 14.8 Å². The Bertz CT molecular complexity index is 918. The molecule has 116 valence electrons. The number of rotatable bonds is 3. The Morgan fingerprint density at radius 3 is 2.91 bits per heavy atom. The first kappa shape index (κ1) is 15.2. The summed E-state index contributed by atoms with van der Waals surface area (Å²) in [7, 11) is 0. The van der Waals surface area contributed by atoms with Gasteiger partial charge < -0.3 is 5.11 Å². The molecule has 0 saturated carbocycles. The Balaban J connectivity index is 1.85. The number of pyridine rings is 1. The molecule has 2 aromatic heterocycles. The van der Waals surface area contributed by atoms with Crippen molar-refractivity contribution in [3.63, 3.8) is 0 Å². The molecule has 3 rings (SSSR count). The number of hydrogen-bond acceptors (Lipinski definition) is 4. The average molecular weight is 373 g/mol. The lowest BCUT2D eigenvalue weighted by atomic mass is 10.2. The summed E-state index contributed by atoms with van der Waals surface area (Å²) < 4.78 is 2.54. The van der Waals surface area contributed by atoms with Crippen molar-refractivity contribution >= 4 is 33.7 Å². The fourth-order valence-electron chi connectivity index (χ4n) is 2.22. The number of hydrazone groups is 1. The predicted molar refractivity (Wildman–Crippen MR) is 90.8 cm³/mol. The largest absolute Gasteiger partial charge is 0.507 e. The van der Waals surface area contributed by atoms with Gasteiger partial charge in [0.05, 0.1) is 11.9 Å². The zero-order valence-electron chi connectivity index (χ0n) is 12.2. The molecule has 0 bridgehead atoms. The Labute approximate surface area is 140 Å². The van der Waals surface area contributed by atoms with E-state index in [1.165, 1.54) is 6.21 Å². The van der Waals surface area contributed by atoms with Crippen molar-refractivity contribution in [2.45, 2.75) is 6.92 Å². The molecule has 2 N–H and O–H groups in total. The molecule has 0 radical (unpaired) electrons. The minimum atomic E-state index is -0.375. The molecule has 7 heteroatoms. The smallest absolute Gasteiger partial charge is 0.290 e. The van der Waals surface area contributed by atoms with Crippen LogP contribution in [-0.4, -0.2) is 26.6 Å². The van der Waals surface area contributed by atoms with E-state index in [1.807, 2.05) is 12.1 Å². The van der Waals surface area contributed by atoms with E-state index >= 15 is 0 Å². The van der Waals surface area contributed by atoms with Crippen LogP contribution in [0.4, 0.5) is 0 Å². The molecule has 0 saturated heterocycles. The van der Waals surface area contributed by atoms with Gasteiger partial charge >= 0.3 is 0 Å². The van der Waals surface area contributed by atoms with E-state index in [-0.39, 0.29) is 11.7 Å². The van der Waals surface area contributed by atoms with E-state index in [2.05, 4.69) is 31.4 Å². The van der Waals surface area contributed by atoms with Crippen LogP contribution in [0.25, 0.3) is 5.65 Å². The summed E-state index contributed by atoms with van der Waals surface area (Å²) in [6.07, 6.45) is 3.17. The molecule has 0 fully saturated rings. The quantitative estimate of drug-likeness (QED) is 0.547. The Morgan fingerprint density at radius 2 is 2.13 bits per heavy atom. The third kappa shape index (κ3) is 3.09. The first-order valence-electron chi connectivity index (χ1n) is 6.82. The van der Waals surface area contributed by atoms with Crippen LogP contribution in [0.15, 0.2) is 52.2 Å². The van der Waals surface area contributed by atoms with Crippen LogP contribution in [0.5, 0.6) is 5.75 Å². The van der Waals surface area contributed by atoms with Gasteiger partial charge in [0.1, 0.15) is 17.1 Å². The highest BCUT2D eigenvalue weighted by atomic mass is 79.9. The highest BCUT2D eigenvalue weighted by Gasteiger charge is 2.16. The maximum absolute atomic E-state index is 12.4. The second kappa shape index (κ2) is 6.21. The number of aryl methyl sites for hydroxylation is 1. The lowest BCUT2D eigenvalue weighted by Gasteiger charge is -2.02. The molecular formula is C16H13BrN4O2. The molecule has 6 nitrogen and oxygen atoms in total. The molecule has 23 heavy (non-hydrogen) atoms. The monoisotopic (exact) mass is 372 g/mol. The van der Waals surface area contributed by atoms with Gasteiger partial charge in [0.15, 0.2) is 0 Å². The molecule has 0 spiro atoms. The van der Waals surface area contributed by atoms with Crippen LogP contribution >= 0.6 is 15.9 Å². The number of phenolic OH excluding ortho intramolecular Hbond substituents is 1. The van der Waals surface area contributed by atoms with Crippen LogP contribution in [0, 0.1) is 6.92 Å². The van der Waals surface area contributed by atoms with Gasteiger partial charge in [0.25, 0.3) is 5.91 Å². The molecule has 0 aliphatic rings. The number of para-hydroxylation sites is 1. The molecule has 0 unspecified atom stereocenters. The zero-order chi connectivity index (χ0) is 16.4. The van der Waals surface area contributed by atoms with Crippen LogP contribution < -0.4 is 5.43 Å². The van der Waals surface area contributed by atoms with E-state index in [4.69, 9.17) is 0 Å². The number of fused-ring (bicyclic) bond motifs is 1. The second-order valence-corrected chi connectivity index (χ2v) is 5.79. The maximum Gasteiger partial charge on any atom is 0.290 e. The number of carbonyl (C=O) groups excluding carboxylic acids is 1. The van der Waals surface area contributed by atoms with Crippen molar-refractivity contribution in [3.8, 4) is 5.75 Å². The van der Waals surface area contributed by atoms with Crippen molar-refractivity contribution in [1.29, 1.82) is 0 Å². The first-order valence-corrected chi connectivity index (χ1v) is 7.61. The zero-order valence-corrected chi connectivity index (χ0v) is 13.8. The molecule has 0 aliphatic carbocycles. The molecule has 1 amide bonds. The van der Waals surface area contributed by atoms with Crippen LogP contribution in [0.3, 0.4) is 0 Å². The molecule has 0 atom stereocenters. The number of imidazole rings is 1. The van der Waals surface area contributed by atoms with Gasteiger partial charge in [-0.2, -0.15) is 5.10 Å². The topological polar surface area (TPSA) is 79.0 Å². The third-order valence-electron chi connectivity index (χ3n) is 3.28. The SMILES string of the molecule is Cc1nc2ccc(Br)cn2c1C(=O)N/N=C/c1ccccc1O. The number of benzene rings is 1. The van der Waals surface area contributed by atoms with Gasteiger partial charge in [-0.1, -0.05) is 12.1 Å². The minimum absolute atomic E-state index is 0.0976. The lowest BCUT2D eigenvalue weighted by molar-refractivity contribution is 0.0948. The Kier molecular flexibility index (Phi) is 4.12. The fourth-order valence-corrected chi connectivity index (χ4v) is 2.56. The number of hydrogen-bond donors (Lipinski definition) is 2. The lowest BCUT2D eigenvalue weighted by Crippen LogP contribution is -2.20. The van der Waals surface area contributed by atoms with Gasteiger partial charge in [-0.25, -0.2) is 10.4 Å². The Hall–Kier alpha value is -2.67. The number of nitrogens with one attached hydrogen (secondary N) is 1. The van der Waals surface area contributed by atoms with Crippen molar-refractivity contribution < 1.29 is 9.90 Å².